The van der Waals surface area contributed by atoms with Crippen molar-refractivity contribution in [1.82, 2.24) is 0 Å². The molecule has 2 heterocycles. The zero-order valence-electron chi connectivity index (χ0n) is 20.4. The molecule has 1 aliphatic rings. The quantitative estimate of drug-likeness (QED) is 0.188. The van der Waals surface area contributed by atoms with Crippen LogP contribution in [0.15, 0.2) is 121 Å². The van der Waals surface area contributed by atoms with E-state index < -0.39 is 0 Å². The van der Waals surface area contributed by atoms with Crippen LogP contribution in [0.2, 0.25) is 0 Å². The van der Waals surface area contributed by atoms with E-state index in [9.17, 15) is 0 Å². The van der Waals surface area contributed by atoms with E-state index in [0.717, 1.165) is 0 Å². The number of rotatable bonds is 0. The third-order valence-electron chi connectivity index (χ3n) is 8.05. The molecule has 8 aromatic rings. The number of thiophene rings is 2. The fourth-order valence-electron chi connectivity index (χ4n) is 6.34. The zero-order valence-corrected chi connectivity index (χ0v) is 22.0. The van der Waals surface area contributed by atoms with Crippen molar-refractivity contribution in [2.24, 2.45) is 0 Å². The zero-order chi connectivity index (χ0) is 24.8. The Hall–Kier alpha value is -4.24. The predicted octanol–water partition coefficient (Wildman–Crippen LogP) is 11.4. The van der Waals surface area contributed by atoms with Crippen molar-refractivity contribution in [3.8, 4) is 44.5 Å². The average Bonchev–Trinajstić information content (AvgIpc) is 3.52. The van der Waals surface area contributed by atoms with Gasteiger partial charge in [-0.1, -0.05) is 84.9 Å². The highest BCUT2D eigenvalue weighted by atomic mass is 32.1. The minimum Gasteiger partial charge on any atom is -0.135 e. The number of hydrogen-bond donors (Lipinski definition) is 0. The van der Waals surface area contributed by atoms with E-state index in [2.05, 4.69) is 121 Å². The molecule has 0 aliphatic heterocycles. The van der Waals surface area contributed by atoms with Gasteiger partial charge in [0.2, 0.25) is 0 Å². The van der Waals surface area contributed by atoms with Crippen LogP contribution in [0.5, 0.6) is 0 Å². The summed E-state index contributed by atoms with van der Waals surface area (Å²) in [6.07, 6.45) is 0. The van der Waals surface area contributed by atoms with Crippen molar-refractivity contribution in [1.29, 1.82) is 0 Å². The maximum Gasteiger partial charge on any atom is 0.0362 e. The summed E-state index contributed by atoms with van der Waals surface area (Å²) in [5.74, 6) is 0. The first-order valence-corrected chi connectivity index (χ1v) is 14.6. The molecule has 1 aliphatic carbocycles. The second-order valence-electron chi connectivity index (χ2n) is 10.1. The van der Waals surface area contributed by atoms with E-state index in [1.807, 2.05) is 22.7 Å². The summed E-state index contributed by atoms with van der Waals surface area (Å²) in [6, 6.07) is 45.3. The van der Waals surface area contributed by atoms with E-state index >= 15 is 0 Å². The first kappa shape index (κ1) is 20.8. The van der Waals surface area contributed by atoms with Crippen molar-refractivity contribution >= 4 is 63.0 Å². The van der Waals surface area contributed by atoms with Crippen LogP contribution in [0.3, 0.4) is 0 Å². The van der Waals surface area contributed by atoms with Gasteiger partial charge in [0, 0.05) is 40.3 Å². The van der Waals surface area contributed by atoms with Crippen molar-refractivity contribution < 1.29 is 0 Å². The largest absolute Gasteiger partial charge is 0.135 e. The highest BCUT2D eigenvalue weighted by molar-refractivity contribution is 7.26. The van der Waals surface area contributed by atoms with E-state index in [0.29, 0.717) is 0 Å². The van der Waals surface area contributed by atoms with Gasteiger partial charge >= 0.3 is 0 Å². The van der Waals surface area contributed by atoms with Gasteiger partial charge in [-0.15, -0.1) is 22.7 Å². The molecule has 2 heteroatoms. The Morgan fingerprint density at radius 3 is 1.05 bits per heavy atom. The molecular weight excluding hydrogens is 497 g/mol. The smallest absolute Gasteiger partial charge is 0.0362 e. The Kier molecular flexibility index (Phi) is 4.18. The number of fused-ring (bicyclic) bond motifs is 14. The van der Waals surface area contributed by atoms with Crippen molar-refractivity contribution in [2.45, 2.75) is 0 Å². The Morgan fingerprint density at radius 1 is 0.263 bits per heavy atom. The van der Waals surface area contributed by atoms with Crippen molar-refractivity contribution in [2.75, 3.05) is 0 Å². The SMILES string of the molecule is c1ccc2c(c1)-c1ccccc1-c1cc3c(cc1-c1cc4sc5ccccc5c4cc1-2)sc1ccccc13. The van der Waals surface area contributed by atoms with Crippen LogP contribution in [0.25, 0.3) is 84.9 Å². The van der Waals surface area contributed by atoms with Crippen LogP contribution in [-0.4, -0.2) is 0 Å². The van der Waals surface area contributed by atoms with Gasteiger partial charge in [0.05, 0.1) is 0 Å². The standard InChI is InChI=1S/C36H20S2/c1-3-11-23-21(9-1)22-10-2-4-12-24(22)28-18-32-26-14-6-8-16-34(26)38-36(32)20-30(28)29-19-35-31(17-27(23)29)25-13-5-7-15-33(25)37-35/h1-20H. The number of benzene rings is 6. The fraction of sp³-hybridized carbons (Fsp3) is 0. The molecular formula is C36H20S2. The van der Waals surface area contributed by atoms with Gasteiger partial charge in [0.15, 0.2) is 0 Å². The summed E-state index contributed by atoms with van der Waals surface area (Å²) < 4.78 is 5.38. The van der Waals surface area contributed by atoms with Crippen LogP contribution in [-0.2, 0) is 0 Å². The highest BCUT2D eigenvalue weighted by Gasteiger charge is 2.24. The normalized spacial score (nSPS) is 12.2. The van der Waals surface area contributed by atoms with Gasteiger partial charge in [-0.25, -0.2) is 0 Å². The van der Waals surface area contributed by atoms with Crippen molar-refractivity contribution in [3.63, 3.8) is 0 Å². The molecule has 0 N–H and O–H groups in total. The van der Waals surface area contributed by atoms with Crippen LogP contribution in [0, 0.1) is 0 Å². The summed E-state index contributed by atoms with van der Waals surface area (Å²) in [5.41, 5.74) is 10.5. The molecule has 0 spiro atoms. The molecule has 0 atom stereocenters. The molecule has 9 rings (SSSR count). The maximum absolute atomic E-state index is 2.46. The summed E-state index contributed by atoms with van der Waals surface area (Å²) in [5, 5.41) is 5.38. The first-order chi connectivity index (χ1) is 18.8. The van der Waals surface area contributed by atoms with Crippen LogP contribution in [0.1, 0.15) is 0 Å². The van der Waals surface area contributed by atoms with Crippen LogP contribution < -0.4 is 0 Å². The van der Waals surface area contributed by atoms with Gasteiger partial charge in [0.25, 0.3) is 0 Å². The second-order valence-corrected chi connectivity index (χ2v) is 12.2. The van der Waals surface area contributed by atoms with E-state index in [1.165, 1.54) is 84.9 Å². The van der Waals surface area contributed by atoms with Gasteiger partial charge in [-0.05, 0) is 80.9 Å². The molecule has 0 saturated heterocycles. The molecule has 2 aromatic heterocycles. The molecule has 0 unspecified atom stereocenters. The Bertz CT molecular complexity index is 2080. The Labute approximate surface area is 228 Å². The van der Waals surface area contributed by atoms with E-state index in [1.54, 1.807) is 0 Å². The lowest BCUT2D eigenvalue weighted by atomic mass is 9.80. The average molecular weight is 517 g/mol. The van der Waals surface area contributed by atoms with Gasteiger partial charge in [0.1, 0.15) is 0 Å². The highest BCUT2D eigenvalue weighted by Crippen LogP contribution is 2.52. The summed E-state index contributed by atoms with van der Waals surface area (Å²) in [4.78, 5) is 0. The van der Waals surface area contributed by atoms with Gasteiger partial charge < -0.3 is 0 Å². The van der Waals surface area contributed by atoms with Crippen molar-refractivity contribution in [3.05, 3.63) is 121 Å². The number of hydrogen-bond acceptors (Lipinski definition) is 2. The lowest BCUT2D eigenvalue weighted by Gasteiger charge is -2.23. The molecule has 176 valence electrons. The van der Waals surface area contributed by atoms with Gasteiger partial charge in [-0.3, -0.25) is 0 Å². The molecule has 0 fully saturated rings. The van der Waals surface area contributed by atoms with Crippen LogP contribution in [0.4, 0.5) is 0 Å². The minimum absolute atomic E-state index is 1.30. The predicted molar refractivity (Wildman–Crippen MR) is 168 cm³/mol. The fourth-order valence-corrected chi connectivity index (χ4v) is 8.59. The summed E-state index contributed by atoms with van der Waals surface area (Å²) >= 11 is 3.80. The minimum atomic E-state index is 1.30. The third-order valence-corrected chi connectivity index (χ3v) is 10.3. The second kappa shape index (κ2) is 7.64. The molecule has 0 saturated carbocycles. The van der Waals surface area contributed by atoms with E-state index in [-0.39, 0.29) is 0 Å². The molecule has 38 heavy (non-hydrogen) atoms. The summed E-state index contributed by atoms with van der Waals surface area (Å²) in [7, 11) is 0. The monoisotopic (exact) mass is 516 g/mol. The molecule has 0 bridgehead atoms. The topological polar surface area (TPSA) is 0 Å². The molecule has 0 amide bonds. The molecule has 0 radical (unpaired) electrons. The van der Waals surface area contributed by atoms with Gasteiger partial charge in [-0.2, -0.15) is 0 Å². The third kappa shape index (κ3) is 2.79. The lowest BCUT2D eigenvalue weighted by molar-refractivity contribution is 1.55. The molecule has 6 aromatic carbocycles. The lowest BCUT2D eigenvalue weighted by Crippen LogP contribution is -1.97. The first-order valence-electron chi connectivity index (χ1n) is 12.9. The maximum atomic E-state index is 2.46. The molecule has 0 nitrogen and oxygen atoms in total. The Balaban J connectivity index is 1.50. The Morgan fingerprint density at radius 2 is 0.605 bits per heavy atom. The van der Waals surface area contributed by atoms with Crippen LogP contribution >= 0.6 is 22.7 Å². The van der Waals surface area contributed by atoms with E-state index in [4.69, 9.17) is 0 Å². The summed E-state index contributed by atoms with van der Waals surface area (Å²) in [6.45, 7) is 0.